The van der Waals surface area contributed by atoms with Gasteiger partial charge in [-0.3, -0.25) is 9.69 Å². The van der Waals surface area contributed by atoms with Crippen molar-refractivity contribution in [2.75, 3.05) is 20.4 Å². The third-order valence-electron chi connectivity index (χ3n) is 3.63. The van der Waals surface area contributed by atoms with Gasteiger partial charge < -0.3 is 9.47 Å². The van der Waals surface area contributed by atoms with Gasteiger partial charge in [0.05, 0.1) is 6.04 Å². The molecule has 0 amide bonds. The molecule has 118 valence electrons. The Bertz CT molecular complexity index is 479. The van der Waals surface area contributed by atoms with Crippen LogP contribution in [0.1, 0.15) is 43.5 Å². The predicted molar refractivity (Wildman–Crippen MR) is 85.8 cm³/mol. The van der Waals surface area contributed by atoms with Gasteiger partial charge in [0, 0.05) is 5.56 Å². The van der Waals surface area contributed by atoms with Crippen molar-refractivity contribution in [1.82, 2.24) is 4.90 Å². The van der Waals surface area contributed by atoms with Crippen molar-refractivity contribution in [3.05, 3.63) is 23.8 Å². The topological polar surface area (TPSA) is 38.8 Å². The predicted octanol–water partition coefficient (Wildman–Crippen LogP) is 3.53. The Morgan fingerprint density at radius 2 is 1.95 bits per heavy atom. The number of benzene rings is 1. The van der Waals surface area contributed by atoms with E-state index in [1.165, 1.54) is 0 Å². The molecule has 1 aliphatic heterocycles. The van der Waals surface area contributed by atoms with Crippen LogP contribution in [0.2, 0.25) is 0 Å². The summed E-state index contributed by atoms with van der Waals surface area (Å²) in [4.78, 5) is 14.9. The molecule has 0 radical (unpaired) electrons. The van der Waals surface area contributed by atoms with Crippen LogP contribution in [0, 0.1) is 0 Å². The standard InChI is InChI=1S/C16H23NO3.ClH/c1-4-6-13(17(3)9-5-2)16(18)12-7-8-14-15(10-12)20-11-19-14;/h7-8,10,13H,4-6,9,11H2,1-3H3;1H. The second-order valence-electron chi connectivity index (χ2n) is 5.22. The molecule has 0 bridgehead atoms. The summed E-state index contributed by atoms with van der Waals surface area (Å²) in [5.41, 5.74) is 0.704. The number of hydrogen-bond acceptors (Lipinski definition) is 4. The van der Waals surface area contributed by atoms with Crippen molar-refractivity contribution >= 4 is 18.2 Å². The minimum atomic E-state index is -0.0553. The first-order chi connectivity index (χ1) is 9.67. The number of fused-ring (bicyclic) bond motifs is 1. The van der Waals surface area contributed by atoms with Gasteiger partial charge in [-0.25, -0.2) is 0 Å². The molecule has 1 heterocycles. The Kier molecular flexibility index (Phi) is 6.99. The monoisotopic (exact) mass is 313 g/mol. The second-order valence-corrected chi connectivity index (χ2v) is 5.22. The number of rotatable bonds is 7. The zero-order chi connectivity index (χ0) is 14.5. The van der Waals surface area contributed by atoms with Crippen LogP contribution in [0.4, 0.5) is 0 Å². The van der Waals surface area contributed by atoms with Crippen LogP contribution in [-0.4, -0.2) is 37.1 Å². The van der Waals surface area contributed by atoms with Crippen molar-refractivity contribution in [2.24, 2.45) is 0 Å². The summed E-state index contributed by atoms with van der Waals surface area (Å²) in [7, 11) is 2.02. The third kappa shape index (κ3) is 4.11. The Hall–Kier alpha value is -1.26. The molecule has 1 unspecified atom stereocenters. The molecule has 21 heavy (non-hydrogen) atoms. The van der Waals surface area contributed by atoms with E-state index in [1.807, 2.05) is 19.2 Å². The van der Waals surface area contributed by atoms with Crippen LogP contribution >= 0.6 is 12.4 Å². The van der Waals surface area contributed by atoms with Gasteiger partial charge in [-0.15, -0.1) is 12.4 Å². The average molecular weight is 314 g/mol. The molecule has 0 aromatic heterocycles. The molecule has 1 aliphatic rings. The molecule has 0 aliphatic carbocycles. The molecular formula is C16H24ClNO3. The number of likely N-dealkylation sites (N-methyl/N-ethyl adjacent to an activating group) is 1. The molecule has 0 saturated carbocycles. The van der Waals surface area contributed by atoms with Gasteiger partial charge in [-0.1, -0.05) is 20.3 Å². The van der Waals surface area contributed by atoms with Crippen molar-refractivity contribution < 1.29 is 14.3 Å². The number of ketones is 1. The normalized spacial score (nSPS) is 13.9. The summed E-state index contributed by atoms with van der Waals surface area (Å²) >= 11 is 0. The highest BCUT2D eigenvalue weighted by atomic mass is 35.5. The van der Waals surface area contributed by atoms with E-state index in [-0.39, 0.29) is 31.0 Å². The molecule has 0 N–H and O–H groups in total. The molecule has 4 nitrogen and oxygen atoms in total. The largest absolute Gasteiger partial charge is 0.454 e. The maximum absolute atomic E-state index is 12.7. The SMILES string of the molecule is CCCC(C(=O)c1ccc2c(c1)OCO2)N(C)CCC.Cl. The molecule has 0 saturated heterocycles. The lowest BCUT2D eigenvalue weighted by molar-refractivity contribution is 0.0839. The van der Waals surface area contributed by atoms with E-state index in [0.717, 1.165) is 31.6 Å². The summed E-state index contributed by atoms with van der Waals surface area (Å²) in [6.07, 6.45) is 2.92. The first-order valence-electron chi connectivity index (χ1n) is 7.31. The molecule has 0 spiro atoms. The van der Waals surface area contributed by atoms with Crippen LogP contribution < -0.4 is 9.47 Å². The van der Waals surface area contributed by atoms with Crippen molar-refractivity contribution in [3.63, 3.8) is 0 Å². The molecule has 1 atom stereocenters. The van der Waals surface area contributed by atoms with E-state index in [0.29, 0.717) is 11.3 Å². The first-order valence-corrected chi connectivity index (χ1v) is 7.31. The number of halogens is 1. The fourth-order valence-electron chi connectivity index (χ4n) is 2.58. The minimum Gasteiger partial charge on any atom is -0.454 e. The fourth-order valence-corrected chi connectivity index (χ4v) is 2.58. The van der Waals surface area contributed by atoms with E-state index in [4.69, 9.17) is 9.47 Å². The highest BCUT2D eigenvalue weighted by Gasteiger charge is 2.25. The van der Waals surface area contributed by atoms with E-state index in [9.17, 15) is 4.79 Å². The molecule has 1 aromatic rings. The van der Waals surface area contributed by atoms with Crippen molar-refractivity contribution in [2.45, 2.75) is 39.2 Å². The highest BCUT2D eigenvalue weighted by Crippen LogP contribution is 2.33. The quantitative estimate of drug-likeness (QED) is 0.722. The Morgan fingerprint density at radius 1 is 1.24 bits per heavy atom. The van der Waals surface area contributed by atoms with Gasteiger partial charge >= 0.3 is 0 Å². The Morgan fingerprint density at radius 3 is 2.62 bits per heavy atom. The fraction of sp³-hybridized carbons (Fsp3) is 0.562. The zero-order valence-electron chi connectivity index (χ0n) is 12.9. The van der Waals surface area contributed by atoms with Crippen LogP contribution in [0.25, 0.3) is 0 Å². The average Bonchev–Trinajstić information content (AvgIpc) is 2.91. The number of Topliss-reactive ketones (excluding diaryl/α,β-unsaturated/α-hetero) is 1. The van der Waals surface area contributed by atoms with Gasteiger partial charge in [0.2, 0.25) is 6.79 Å². The van der Waals surface area contributed by atoms with E-state index < -0.39 is 0 Å². The van der Waals surface area contributed by atoms with Gasteiger partial charge in [-0.05, 0) is 44.6 Å². The summed E-state index contributed by atoms with van der Waals surface area (Å²) in [6, 6.07) is 5.39. The van der Waals surface area contributed by atoms with Gasteiger partial charge in [0.1, 0.15) is 0 Å². The lowest BCUT2D eigenvalue weighted by Gasteiger charge is -2.26. The minimum absolute atomic E-state index is 0. The summed E-state index contributed by atoms with van der Waals surface area (Å²) in [6.45, 7) is 5.41. The lowest BCUT2D eigenvalue weighted by Crippen LogP contribution is -2.39. The number of carbonyl (C=O) groups excluding carboxylic acids is 1. The van der Waals surface area contributed by atoms with Crippen LogP contribution in [0.5, 0.6) is 11.5 Å². The molecular weight excluding hydrogens is 290 g/mol. The Labute approximate surface area is 132 Å². The lowest BCUT2D eigenvalue weighted by atomic mass is 9.98. The van der Waals surface area contributed by atoms with E-state index >= 15 is 0 Å². The number of carbonyl (C=O) groups is 1. The number of nitrogens with zero attached hydrogens (tertiary/aromatic N) is 1. The van der Waals surface area contributed by atoms with E-state index in [1.54, 1.807) is 6.07 Å². The van der Waals surface area contributed by atoms with Gasteiger partial charge in [-0.2, -0.15) is 0 Å². The Balaban J connectivity index is 0.00000220. The summed E-state index contributed by atoms with van der Waals surface area (Å²) in [5.74, 6) is 1.56. The number of ether oxygens (including phenoxy) is 2. The molecule has 0 fully saturated rings. The number of hydrogen-bond donors (Lipinski definition) is 0. The summed E-state index contributed by atoms with van der Waals surface area (Å²) in [5, 5.41) is 0. The summed E-state index contributed by atoms with van der Waals surface area (Å²) < 4.78 is 10.6. The smallest absolute Gasteiger partial charge is 0.231 e. The maximum atomic E-state index is 12.7. The first kappa shape index (κ1) is 17.8. The van der Waals surface area contributed by atoms with Crippen molar-refractivity contribution in [1.29, 1.82) is 0 Å². The zero-order valence-corrected chi connectivity index (χ0v) is 13.7. The molecule has 1 aromatic carbocycles. The van der Waals surface area contributed by atoms with Crippen LogP contribution in [0.15, 0.2) is 18.2 Å². The maximum Gasteiger partial charge on any atom is 0.231 e. The van der Waals surface area contributed by atoms with Gasteiger partial charge in [0.15, 0.2) is 17.3 Å². The second kappa shape index (κ2) is 8.25. The van der Waals surface area contributed by atoms with Crippen LogP contribution in [0.3, 0.4) is 0 Å². The van der Waals surface area contributed by atoms with Crippen LogP contribution in [-0.2, 0) is 0 Å². The third-order valence-corrected chi connectivity index (χ3v) is 3.63. The van der Waals surface area contributed by atoms with Crippen molar-refractivity contribution in [3.8, 4) is 11.5 Å². The molecule has 2 rings (SSSR count). The highest BCUT2D eigenvalue weighted by molar-refractivity contribution is 6.00. The van der Waals surface area contributed by atoms with E-state index in [2.05, 4.69) is 18.7 Å². The molecule has 5 heteroatoms. The van der Waals surface area contributed by atoms with Gasteiger partial charge in [0.25, 0.3) is 0 Å².